The van der Waals surface area contributed by atoms with Crippen molar-refractivity contribution in [1.82, 2.24) is 19.7 Å². The first-order valence-corrected chi connectivity index (χ1v) is 10.6. The molecule has 10 nitrogen and oxygen atoms in total. The van der Waals surface area contributed by atoms with Gasteiger partial charge in [0.2, 0.25) is 16.0 Å². The summed E-state index contributed by atoms with van der Waals surface area (Å²) in [5.74, 6) is 1.34. The lowest BCUT2D eigenvalue weighted by Gasteiger charge is -2.26. The van der Waals surface area contributed by atoms with E-state index in [1.807, 2.05) is 11.8 Å². The second-order valence-electron chi connectivity index (χ2n) is 6.48. The second kappa shape index (κ2) is 8.89. The van der Waals surface area contributed by atoms with Crippen LogP contribution < -0.4 is 19.1 Å². The van der Waals surface area contributed by atoms with Gasteiger partial charge in [-0.3, -0.25) is 0 Å². The highest BCUT2D eigenvalue weighted by molar-refractivity contribution is 7.89. The number of hydrogen-bond acceptors (Lipinski definition) is 9. The molecule has 158 valence electrons. The average molecular weight is 423 g/mol. The summed E-state index contributed by atoms with van der Waals surface area (Å²) < 4.78 is 44.0. The topological polar surface area (TPSA) is 116 Å². The number of sulfonamides is 1. The fourth-order valence-electron chi connectivity index (χ4n) is 2.98. The third-order valence-electron chi connectivity index (χ3n) is 4.74. The Kier molecular flexibility index (Phi) is 6.50. The summed E-state index contributed by atoms with van der Waals surface area (Å²) in [6, 6.07) is 3.29. The minimum Gasteiger partial charge on any atom is -0.496 e. The summed E-state index contributed by atoms with van der Waals surface area (Å²) in [6.07, 6.45) is 0. The van der Waals surface area contributed by atoms with Crippen LogP contribution >= 0.6 is 0 Å². The molecule has 0 aliphatic carbocycles. The molecule has 2 aromatic rings. The van der Waals surface area contributed by atoms with Crippen molar-refractivity contribution in [2.24, 2.45) is 0 Å². The van der Waals surface area contributed by atoms with Crippen LogP contribution in [0.2, 0.25) is 0 Å². The van der Waals surface area contributed by atoms with Crippen molar-refractivity contribution in [3.8, 4) is 11.8 Å². The van der Waals surface area contributed by atoms with Crippen LogP contribution in [0.1, 0.15) is 17.0 Å². The number of benzene rings is 1. The van der Waals surface area contributed by atoms with E-state index in [4.69, 9.17) is 14.2 Å². The van der Waals surface area contributed by atoms with Gasteiger partial charge in [-0.15, -0.1) is 0 Å². The monoisotopic (exact) mass is 423 g/mol. The molecule has 1 fully saturated rings. The largest absolute Gasteiger partial charge is 0.496 e. The first kappa shape index (κ1) is 21.2. The van der Waals surface area contributed by atoms with Gasteiger partial charge in [0.1, 0.15) is 5.75 Å². The van der Waals surface area contributed by atoms with Crippen LogP contribution in [-0.4, -0.2) is 63.9 Å². The molecule has 11 heteroatoms. The number of nitrogens with zero attached hydrogens (tertiary/aromatic N) is 4. The molecule has 3 rings (SSSR count). The molecular weight excluding hydrogens is 398 g/mol. The van der Waals surface area contributed by atoms with Crippen LogP contribution in [0.5, 0.6) is 11.8 Å². The van der Waals surface area contributed by atoms with E-state index in [0.717, 1.165) is 5.56 Å². The van der Waals surface area contributed by atoms with Crippen LogP contribution in [0.25, 0.3) is 0 Å². The number of nitrogens with one attached hydrogen (secondary N) is 1. The Labute approximate surface area is 170 Å². The Morgan fingerprint density at radius 3 is 2.45 bits per heavy atom. The Balaban J connectivity index is 1.82. The van der Waals surface area contributed by atoms with Crippen molar-refractivity contribution in [2.45, 2.75) is 25.3 Å². The lowest BCUT2D eigenvalue weighted by atomic mass is 10.1. The molecule has 1 aromatic heterocycles. The van der Waals surface area contributed by atoms with Gasteiger partial charge in [0.25, 0.3) is 0 Å². The van der Waals surface area contributed by atoms with E-state index >= 15 is 0 Å². The van der Waals surface area contributed by atoms with E-state index in [2.05, 4.69) is 19.7 Å². The number of methoxy groups -OCH3 is 2. The Morgan fingerprint density at radius 1 is 1.07 bits per heavy atom. The fourth-order valence-corrected chi connectivity index (χ4v) is 4.26. The van der Waals surface area contributed by atoms with Crippen LogP contribution in [0.3, 0.4) is 0 Å². The highest BCUT2D eigenvalue weighted by Gasteiger charge is 2.21. The summed E-state index contributed by atoms with van der Waals surface area (Å²) in [5, 5.41) is 0. The quantitative estimate of drug-likeness (QED) is 0.691. The van der Waals surface area contributed by atoms with E-state index in [0.29, 0.717) is 43.6 Å². The van der Waals surface area contributed by atoms with Crippen molar-refractivity contribution in [1.29, 1.82) is 0 Å². The van der Waals surface area contributed by atoms with Gasteiger partial charge in [-0.2, -0.15) is 15.0 Å². The number of ether oxygens (including phenoxy) is 3. The van der Waals surface area contributed by atoms with Crippen LogP contribution in [0.4, 0.5) is 5.95 Å². The molecular formula is C18H25N5O5S. The van der Waals surface area contributed by atoms with Crippen molar-refractivity contribution in [3.63, 3.8) is 0 Å². The lowest BCUT2D eigenvalue weighted by Crippen LogP contribution is -2.37. The maximum atomic E-state index is 12.8. The van der Waals surface area contributed by atoms with Gasteiger partial charge in [-0.25, -0.2) is 13.1 Å². The van der Waals surface area contributed by atoms with E-state index in [1.165, 1.54) is 13.2 Å². The molecule has 0 saturated carbocycles. The minimum absolute atomic E-state index is 0.0942. The molecule has 0 amide bonds. The van der Waals surface area contributed by atoms with Gasteiger partial charge < -0.3 is 19.1 Å². The summed E-state index contributed by atoms with van der Waals surface area (Å²) in [5.41, 5.74) is 1.39. The molecule has 1 N–H and O–H groups in total. The number of rotatable bonds is 7. The molecule has 0 radical (unpaired) electrons. The van der Waals surface area contributed by atoms with E-state index < -0.39 is 10.0 Å². The van der Waals surface area contributed by atoms with Crippen LogP contribution in [0, 0.1) is 13.8 Å². The predicted octanol–water partition coefficient (Wildman–Crippen LogP) is 0.821. The molecule has 0 bridgehead atoms. The molecule has 1 aliphatic rings. The van der Waals surface area contributed by atoms with Gasteiger partial charge in [-0.1, -0.05) is 0 Å². The van der Waals surface area contributed by atoms with Crippen molar-refractivity contribution in [3.05, 3.63) is 29.1 Å². The van der Waals surface area contributed by atoms with Gasteiger partial charge in [0.15, 0.2) is 5.82 Å². The maximum absolute atomic E-state index is 12.8. The zero-order valence-corrected chi connectivity index (χ0v) is 17.7. The normalized spacial score (nSPS) is 14.7. The molecule has 0 spiro atoms. The summed E-state index contributed by atoms with van der Waals surface area (Å²) in [4.78, 5) is 14.9. The van der Waals surface area contributed by atoms with Gasteiger partial charge in [-0.05, 0) is 37.1 Å². The first-order chi connectivity index (χ1) is 13.9. The summed E-state index contributed by atoms with van der Waals surface area (Å²) >= 11 is 0. The van der Waals surface area contributed by atoms with Crippen molar-refractivity contribution >= 4 is 16.0 Å². The van der Waals surface area contributed by atoms with E-state index in [9.17, 15) is 8.42 Å². The Morgan fingerprint density at radius 2 is 1.79 bits per heavy atom. The van der Waals surface area contributed by atoms with Crippen molar-refractivity contribution in [2.75, 3.05) is 45.4 Å². The first-order valence-electron chi connectivity index (χ1n) is 9.11. The van der Waals surface area contributed by atoms with Gasteiger partial charge >= 0.3 is 6.01 Å². The highest BCUT2D eigenvalue weighted by Crippen LogP contribution is 2.26. The highest BCUT2D eigenvalue weighted by atomic mass is 32.2. The van der Waals surface area contributed by atoms with Gasteiger partial charge in [0, 0.05) is 13.1 Å². The molecule has 1 aliphatic heterocycles. The zero-order chi connectivity index (χ0) is 21.0. The molecule has 0 unspecified atom stereocenters. The lowest BCUT2D eigenvalue weighted by molar-refractivity contribution is 0.122. The van der Waals surface area contributed by atoms with E-state index in [-0.39, 0.29) is 23.3 Å². The average Bonchev–Trinajstić information content (AvgIpc) is 2.74. The third-order valence-corrected chi connectivity index (χ3v) is 6.29. The van der Waals surface area contributed by atoms with Crippen LogP contribution in [-0.2, 0) is 21.3 Å². The van der Waals surface area contributed by atoms with Crippen molar-refractivity contribution < 1.29 is 22.6 Å². The van der Waals surface area contributed by atoms with Gasteiger partial charge in [0.05, 0.1) is 38.9 Å². The smallest absolute Gasteiger partial charge is 0.321 e. The molecule has 2 heterocycles. The molecule has 1 saturated heterocycles. The minimum atomic E-state index is -3.77. The van der Waals surface area contributed by atoms with Crippen LogP contribution in [0.15, 0.2) is 17.0 Å². The number of hydrogen-bond donors (Lipinski definition) is 1. The molecule has 0 atom stereocenters. The molecule has 29 heavy (non-hydrogen) atoms. The van der Waals surface area contributed by atoms with E-state index in [1.54, 1.807) is 20.1 Å². The third kappa shape index (κ3) is 4.74. The standard InChI is InChI=1S/C18H25N5O5S/c1-12-13(2)15(6-5-14(12)26-3)29(24,25)19-11-16-20-17(22-18(21-16)27-4)23-7-9-28-10-8-23/h5-6,19H,7-11H2,1-4H3. The maximum Gasteiger partial charge on any atom is 0.321 e. The zero-order valence-electron chi connectivity index (χ0n) is 16.9. The summed E-state index contributed by atoms with van der Waals surface area (Å²) in [6.45, 7) is 5.90. The number of aromatic nitrogens is 3. The number of anilines is 1. The number of morpholine rings is 1. The Hall–Kier alpha value is -2.50. The second-order valence-corrected chi connectivity index (χ2v) is 8.21. The Bertz CT molecular complexity index is 977. The molecule has 1 aromatic carbocycles. The summed E-state index contributed by atoms with van der Waals surface area (Å²) in [7, 11) is -0.770. The fraction of sp³-hybridized carbons (Fsp3) is 0.500. The SMILES string of the molecule is COc1nc(CNS(=O)(=O)c2ccc(OC)c(C)c2C)nc(N2CCOCC2)n1. The predicted molar refractivity (Wildman–Crippen MR) is 106 cm³/mol.